The lowest BCUT2D eigenvalue weighted by atomic mass is 9.49. The smallest absolute Gasteiger partial charge is 0.185 e. The number of hydrogen-bond donors (Lipinski definition) is 1. The Morgan fingerprint density at radius 3 is 2.17 bits per heavy atom. The van der Waals surface area contributed by atoms with Crippen molar-refractivity contribution >= 4 is 17.4 Å². The second kappa shape index (κ2) is 3.66. The molecular weight excluding hydrogens is 248 g/mol. The Hall–Kier alpha value is -0.700. The van der Waals surface area contributed by atoms with Gasteiger partial charge in [-0.05, 0) is 61.7 Å². The van der Waals surface area contributed by atoms with Crippen LogP contribution in [0.25, 0.3) is 0 Å². The summed E-state index contributed by atoms with van der Waals surface area (Å²) in [6, 6.07) is 0. The summed E-state index contributed by atoms with van der Waals surface area (Å²) in [6.45, 7) is 0. The molecule has 0 unspecified atom stereocenters. The molecule has 4 saturated carbocycles. The molecule has 4 bridgehead atoms. The molecule has 0 aromatic carbocycles. The molecule has 1 aromatic rings. The largest absolute Gasteiger partial charge is 0.380 e. The van der Waals surface area contributed by atoms with Gasteiger partial charge in [0.15, 0.2) is 11.6 Å². The van der Waals surface area contributed by atoms with Crippen molar-refractivity contribution in [3.63, 3.8) is 0 Å². The van der Waals surface area contributed by atoms with Gasteiger partial charge in [0.05, 0.1) is 0 Å². The van der Waals surface area contributed by atoms with E-state index in [1.54, 1.807) is 0 Å². The maximum Gasteiger partial charge on any atom is 0.185 e. The van der Waals surface area contributed by atoms with Gasteiger partial charge in [-0.2, -0.15) is 0 Å². The SMILES string of the molecule is Nc1noc(CC23CC4CC(CC(C4)C2)C3)c1Cl. The van der Waals surface area contributed by atoms with Crippen molar-refractivity contribution in [2.75, 3.05) is 5.73 Å². The zero-order valence-corrected chi connectivity index (χ0v) is 11.2. The number of rotatable bonds is 2. The standard InChI is InChI=1S/C14H19ClN2O/c15-12-11(18-17-13(12)16)7-14-4-8-1-9(5-14)3-10(2-8)6-14/h8-10H,1-7H2,(H2,16,17). The third-order valence-corrected chi connectivity index (χ3v) is 5.83. The van der Waals surface area contributed by atoms with Crippen LogP contribution in [-0.2, 0) is 6.42 Å². The van der Waals surface area contributed by atoms with Crippen molar-refractivity contribution in [2.24, 2.45) is 23.2 Å². The lowest BCUT2D eigenvalue weighted by Crippen LogP contribution is -2.47. The van der Waals surface area contributed by atoms with Crippen molar-refractivity contribution in [3.05, 3.63) is 10.8 Å². The minimum atomic E-state index is 0.344. The average Bonchev–Trinajstić information content (AvgIpc) is 2.58. The first-order valence-electron chi connectivity index (χ1n) is 7.03. The van der Waals surface area contributed by atoms with Crippen LogP contribution in [0.3, 0.4) is 0 Å². The third kappa shape index (κ3) is 1.59. The summed E-state index contributed by atoms with van der Waals surface area (Å²) >= 11 is 6.17. The number of nitrogens with zero attached hydrogens (tertiary/aromatic N) is 1. The predicted octanol–water partition coefficient (Wildman–Crippen LogP) is 3.67. The summed E-state index contributed by atoms with van der Waals surface area (Å²) in [7, 11) is 0. The van der Waals surface area contributed by atoms with Gasteiger partial charge < -0.3 is 10.3 Å². The van der Waals surface area contributed by atoms with E-state index in [1.807, 2.05) is 0 Å². The second-order valence-corrected chi connectivity index (χ2v) is 7.28. The van der Waals surface area contributed by atoms with E-state index >= 15 is 0 Å². The zero-order chi connectivity index (χ0) is 12.3. The molecule has 0 atom stereocenters. The molecule has 2 N–H and O–H groups in total. The molecule has 0 spiro atoms. The molecule has 98 valence electrons. The van der Waals surface area contributed by atoms with Crippen LogP contribution in [0.4, 0.5) is 5.82 Å². The van der Waals surface area contributed by atoms with Crippen LogP contribution >= 0.6 is 11.6 Å². The van der Waals surface area contributed by atoms with Crippen LogP contribution in [0.1, 0.15) is 44.3 Å². The highest BCUT2D eigenvalue weighted by molar-refractivity contribution is 6.33. The van der Waals surface area contributed by atoms with E-state index < -0.39 is 0 Å². The Morgan fingerprint density at radius 2 is 1.72 bits per heavy atom. The fraction of sp³-hybridized carbons (Fsp3) is 0.786. The normalized spacial score (nSPS) is 41.5. The Balaban J connectivity index is 1.62. The van der Waals surface area contributed by atoms with Crippen molar-refractivity contribution in [1.29, 1.82) is 0 Å². The zero-order valence-electron chi connectivity index (χ0n) is 10.5. The van der Waals surface area contributed by atoms with E-state index in [9.17, 15) is 0 Å². The lowest BCUT2D eigenvalue weighted by Gasteiger charge is -2.56. The Kier molecular flexibility index (Phi) is 2.27. The molecule has 5 rings (SSSR count). The number of anilines is 1. The maximum atomic E-state index is 6.17. The number of nitrogen functional groups attached to an aromatic ring is 1. The van der Waals surface area contributed by atoms with Gasteiger partial charge in [0.1, 0.15) is 5.02 Å². The quantitative estimate of drug-likeness (QED) is 0.889. The first kappa shape index (κ1) is 11.2. The highest BCUT2D eigenvalue weighted by Gasteiger charge is 2.51. The van der Waals surface area contributed by atoms with Crippen molar-refractivity contribution in [2.45, 2.75) is 44.9 Å². The number of nitrogens with two attached hydrogens (primary N) is 1. The van der Waals surface area contributed by atoms with Crippen molar-refractivity contribution in [1.82, 2.24) is 5.16 Å². The molecule has 0 amide bonds. The first-order valence-corrected chi connectivity index (χ1v) is 7.41. The van der Waals surface area contributed by atoms with Gasteiger partial charge in [-0.1, -0.05) is 16.8 Å². The summed E-state index contributed by atoms with van der Waals surface area (Å²) in [5, 5.41) is 4.33. The highest BCUT2D eigenvalue weighted by Crippen LogP contribution is 2.61. The van der Waals surface area contributed by atoms with Gasteiger partial charge in [0, 0.05) is 6.42 Å². The molecule has 18 heavy (non-hydrogen) atoms. The fourth-order valence-electron chi connectivity index (χ4n) is 5.28. The minimum absolute atomic E-state index is 0.344. The summed E-state index contributed by atoms with van der Waals surface area (Å²) in [5.41, 5.74) is 6.11. The molecule has 4 aliphatic carbocycles. The van der Waals surface area contributed by atoms with Crippen LogP contribution in [-0.4, -0.2) is 5.16 Å². The topological polar surface area (TPSA) is 52.0 Å². The van der Waals surface area contributed by atoms with Crippen molar-refractivity contribution in [3.8, 4) is 0 Å². The molecule has 0 radical (unpaired) electrons. The fourth-order valence-corrected chi connectivity index (χ4v) is 5.42. The van der Waals surface area contributed by atoms with Gasteiger partial charge in [0.25, 0.3) is 0 Å². The van der Waals surface area contributed by atoms with E-state index in [1.165, 1.54) is 38.5 Å². The highest BCUT2D eigenvalue weighted by atomic mass is 35.5. The number of hydrogen-bond acceptors (Lipinski definition) is 3. The molecule has 4 heteroatoms. The minimum Gasteiger partial charge on any atom is -0.380 e. The van der Waals surface area contributed by atoms with E-state index in [0.717, 1.165) is 29.9 Å². The lowest BCUT2D eigenvalue weighted by molar-refractivity contribution is -0.0549. The van der Waals surface area contributed by atoms with Crippen LogP contribution in [0.15, 0.2) is 4.52 Å². The van der Waals surface area contributed by atoms with Gasteiger partial charge in [0.2, 0.25) is 0 Å². The van der Waals surface area contributed by atoms with Crippen LogP contribution in [0.5, 0.6) is 0 Å². The summed E-state index contributed by atoms with van der Waals surface area (Å²) < 4.78 is 5.33. The molecule has 0 saturated heterocycles. The first-order chi connectivity index (χ1) is 8.63. The molecular formula is C14H19ClN2O. The van der Waals surface area contributed by atoms with Crippen LogP contribution < -0.4 is 5.73 Å². The second-order valence-electron chi connectivity index (χ2n) is 6.90. The monoisotopic (exact) mass is 266 g/mol. The molecule has 1 heterocycles. The van der Waals surface area contributed by atoms with Gasteiger partial charge in [-0.15, -0.1) is 0 Å². The summed E-state index contributed by atoms with van der Waals surface area (Å²) in [5.74, 6) is 4.02. The van der Waals surface area contributed by atoms with E-state index in [-0.39, 0.29) is 0 Å². The molecule has 4 aliphatic rings. The molecule has 4 fully saturated rings. The van der Waals surface area contributed by atoms with E-state index in [2.05, 4.69) is 5.16 Å². The average molecular weight is 267 g/mol. The van der Waals surface area contributed by atoms with Crippen molar-refractivity contribution < 1.29 is 4.52 Å². The van der Waals surface area contributed by atoms with Crippen LogP contribution in [0.2, 0.25) is 5.02 Å². The summed E-state index contributed by atoms with van der Waals surface area (Å²) in [6.07, 6.45) is 9.41. The predicted molar refractivity (Wildman–Crippen MR) is 70.2 cm³/mol. The molecule has 1 aromatic heterocycles. The number of aromatic nitrogens is 1. The Bertz CT molecular complexity index is 447. The summed E-state index contributed by atoms with van der Waals surface area (Å²) in [4.78, 5) is 0. The third-order valence-electron chi connectivity index (χ3n) is 5.42. The maximum absolute atomic E-state index is 6.17. The number of halogens is 1. The molecule has 3 nitrogen and oxygen atoms in total. The molecule has 0 aliphatic heterocycles. The Morgan fingerprint density at radius 1 is 1.17 bits per heavy atom. The van der Waals surface area contributed by atoms with E-state index in [0.29, 0.717) is 16.3 Å². The van der Waals surface area contributed by atoms with Gasteiger partial charge in [-0.3, -0.25) is 0 Å². The van der Waals surface area contributed by atoms with Crippen LogP contribution in [0, 0.1) is 23.2 Å². The van der Waals surface area contributed by atoms with E-state index in [4.69, 9.17) is 21.9 Å². The van der Waals surface area contributed by atoms with Gasteiger partial charge in [-0.25, -0.2) is 0 Å². The Labute approximate surface area is 112 Å². The van der Waals surface area contributed by atoms with Gasteiger partial charge >= 0.3 is 0 Å².